The number of amides is 1. The first-order valence-corrected chi connectivity index (χ1v) is 5.99. The number of alkyl halides is 1. The number of aryl methyl sites for hydroxylation is 2. The van der Waals surface area contributed by atoms with Crippen LogP contribution in [0.4, 0.5) is 5.69 Å². The minimum absolute atomic E-state index is 0.0231. The summed E-state index contributed by atoms with van der Waals surface area (Å²) in [5, 5.41) is 2.94. The molecule has 1 atom stereocenters. The highest BCUT2D eigenvalue weighted by molar-refractivity contribution is 9.10. The zero-order chi connectivity index (χ0) is 11.4. The van der Waals surface area contributed by atoms with E-state index in [4.69, 9.17) is 0 Å². The van der Waals surface area contributed by atoms with E-state index in [9.17, 15) is 4.79 Å². The van der Waals surface area contributed by atoms with Gasteiger partial charge in [-0.1, -0.05) is 41.1 Å². The van der Waals surface area contributed by atoms with Gasteiger partial charge in [-0.3, -0.25) is 4.79 Å². The SMILES string of the molecule is CC[C@H](Br)C(=O)Nc1c(C)cccc1C. The van der Waals surface area contributed by atoms with E-state index in [0.717, 1.165) is 23.2 Å². The van der Waals surface area contributed by atoms with Crippen molar-refractivity contribution < 1.29 is 4.79 Å². The van der Waals surface area contributed by atoms with Gasteiger partial charge in [0.25, 0.3) is 0 Å². The molecule has 1 aromatic rings. The average molecular weight is 270 g/mol. The monoisotopic (exact) mass is 269 g/mol. The lowest BCUT2D eigenvalue weighted by molar-refractivity contribution is -0.115. The summed E-state index contributed by atoms with van der Waals surface area (Å²) in [6, 6.07) is 5.99. The first-order chi connectivity index (χ1) is 7.06. The number of hydrogen-bond donors (Lipinski definition) is 1. The van der Waals surface area contributed by atoms with Crippen LogP contribution in [0.5, 0.6) is 0 Å². The van der Waals surface area contributed by atoms with Gasteiger partial charge in [0, 0.05) is 5.69 Å². The molecule has 3 heteroatoms. The number of nitrogens with one attached hydrogen (secondary N) is 1. The van der Waals surface area contributed by atoms with E-state index >= 15 is 0 Å². The van der Waals surface area contributed by atoms with Crippen LogP contribution in [0.15, 0.2) is 18.2 Å². The maximum absolute atomic E-state index is 11.7. The molecule has 15 heavy (non-hydrogen) atoms. The molecular formula is C12H16BrNO. The second-order valence-electron chi connectivity index (χ2n) is 3.63. The molecule has 2 nitrogen and oxygen atoms in total. The van der Waals surface area contributed by atoms with Gasteiger partial charge in [-0.05, 0) is 31.4 Å². The summed E-state index contributed by atoms with van der Waals surface area (Å²) >= 11 is 3.34. The molecule has 0 heterocycles. The molecule has 1 rings (SSSR count). The van der Waals surface area contributed by atoms with Gasteiger partial charge in [0.05, 0.1) is 4.83 Å². The van der Waals surface area contributed by atoms with Crippen LogP contribution >= 0.6 is 15.9 Å². The topological polar surface area (TPSA) is 29.1 Å². The van der Waals surface area contributed by atoms with E-state index in [1.54, 1.807) is 0 Å². The fraction of sp³-hybridized carbons (Fsp3) is 0.417. The van der Waals surface area contributed by atoms with Crippen molar-refractivity contribution >= 4 is 27.5 Å². The molecule has 0 aliphatic heterocycles. The summed E-state index contributed by atoms with van der Waals surface area (Å²) in [5.74, 6) is 0.0231. The van der Waals surface area contributed by atoms with Gasteiger partial charge in [-0.25, -0.2) is 0 Å². The van der Waals surface area contributed by atoms with Crippen LogP contribution in [0, 0.1) is 13.8 Å². The Labute approximate surface area is 99.2 Å². The van der Waals surface area contributed by atoms with Crippen molar-refractivity contribution in [1.82, 2.24) is 0 Å². The third-order valence-electron chi connectivity index (χ3n) is 2.37. The summed E-state index contributed by atoms with van der Waals surface area (Å²) < 4.78 is 0. The lowest BCUT2D eigenvalue weighted by Gasteiger charge is -2.13. The number of para-hydroxylation sites is 1. The Morgan fingerprint density at radius 1 is 1.40 bits per heavy atom. The van der Waals surface area contributed by atoms with E-state index in [1.807, 2.05) is 39.0 Å². The molecule has 0 fully saturated rings. The van der Waals surface area contributed by atoms with Gasteiger partial charge in [0.1, 0.15) is 0 Å². The van der Waals surface area contributed by atoms with Gasteiger partial charge < -0.3 is 5.32 Å². The van der Waals surface area contributed by atoms with Crippen LogP contribution in [0.3, 0.4) is 0 Å². The van der Waals surface area contributed by atoms with Gasteiger partial charge >= 0.3 is 0 Å². The maximum Gasteiger partial charge on any atom is 0.238 e. The average Bonchev–Trinajstić information content (AvgIpc) is 2.22. The number of carbonyl (C=O) groups is 1. The predicted octanol–water partition coefficient (Wildman–Crippen LogP) is 3.42. The molecule has 0 saturated heterocycles. The van der Waals surface area contributed by atoms with Crippen LogP contribution in [-0.2, 0) is 4.79 Å². The van der Waals surface area contributed by atoms with Crippen molar-refractivity contribution in [2.75, 3.05) is 5.32 Å². The smallest absolute Gasteiger partial charge is 0.238 e. The number of carbonyl (C=O) groups excluding carboxylic acids is 1. The molecule has 0 unspecified atom stereocenters. The standard InChI is InChI=1S/C12H16BrNO/c1-4-10(13)12(15)14-11-8(2)6-5-7-9(11)3/h5-7,10H,4H2,1-3H3,(H,14,15)/t10-/m0/s1. The zero-order valence-electron chi connectivity index (χ0n) is 9.30. The number of halogens is 1. The lowest BCUT2D eigenvalue weighted by atomic mass is 10.1. The summed E-state index contributed by atoms with van der Waals surface area (Å²) in [6.45, 7) is 5.97. The third-order valence-corrected chi connectivity index (χ3v) is 3.44. The van der Waals surface area contributed by atoms with Crippen molar-refractivity contribution in [3.05, 3.63) is 29.3 Å². The second-order valence-corrected chi connectivity index (χ2v) is 4.74. The fourth-order valence-corrected chi connectivity index (χ4v) is 1.51. The molecule has 0 aliphatic rings. The molecule has 1 aromatic carbocycles. The number of anilines is 1. The zero-order valence-corrected chi connectivity index (χ0v) is 10.9. The van der Waals surface area contributed by atoms with E-state index in [0.29, 0.717) is 0 Å². The van der Waals surface area contributed by atoms with Gasteiger partial charge in [0.15, 0.2) is 0 Å². The highest BCUT2D eigenvalue weighted by Crippen LogP contribution is 2.20. The fourth-order valence-electron chi connectivity index (χ4n) is 1.40. The van der Waals surface area contributed by atoms with Gasteiger partial charge in [-0.15, -0.1) is 0 Å². The number of hydrogen-bond acceptors (Lipinski definition) is 1. The van der Waals surface area contributed by atoms with Crippen LogP contribution in [0.1, 0.15) is 24.5 Å². The minimum atomic E-state index is -0.114. The largest absolute Gasteiger partial charge is 0.325 e. The Morgan fingerprint density at radius 3 is 2.40 bits per heavy atom. The second kappa shape index (κ2) is 5.31. The Balaban J connectivity index is 2.85. The summed E-state index contributed by atoms with van der Waals surface area (Å²) in [7, 11) is 0. The molecule has 0 bridgehead atoms. The van der Waals surface area contributed by atoms with Gasteiger partial charge in [0.2, 0.25) is 5.91 Å². The van der Waals surface area contributed by atoms with E-state index in [-0.39, 0.29) is 10.7 Å². The highest BCUT2D eigenvalue weighted by atomic mass is 79.9. The Bertz CT molecular complexity index is 342. The summed E-state index contributed by atoms with van der Waals surface area (Å²) in [4.78, 5) is 11.6. The third kappa shape index (κ3) is 3.06. The number of benzene rings is 1. The molecule has 0 aliphatic carbocycles. The van der Waals surface area contributed by atoms with E-state index < -0.39 is 0 Å². The molecule has 0 aromatic heterocycles. The molecule has 0 radical (unpaired) electrons. The minimum Gasteiger partial charge on any atom is -0.325 e. The lowest BCUT2D eigenvalue weighted by Crippen LogP contribution is -2.22. The molecular weight excluding hydrogens is 254 g/mol. The highest BCUT2D eigenvalue weighted by Gasteiger charge is 2.14. The van der Waals surface area contributed by atoms with Crippen molar-refractivity contribution in [3.63, 3.8) is 0 Å². The van der Waals surface area contributed by atoms with Crippen LogP contribution in [0.25, 0.3) is 0 Å². The van der Waals surface area contributed by atoms with Crippen LogP contribution < -0.4 is 5.32 Å². The normalized spacial score (nSPS) is 12.3. The Kier molecular flexibility index (Phi) is 4.33. The van der Waals surface area contributed by atoms with E-state index in [2.05, 4.69) is 21.2 Å². The number of rotatable bonds is 3. The first kappa shape index (κ1) is 12.2. The van der Waals surface area contributed by atoms with Crippen LogP contribution in [0.2, 0.25) is 0 Å². The van der Waals surface area contributed by atoms with Crippen molar-refractivity contribution in [2.45, 2.75) is 32.0 Å². The molecule has 1 N–H and O–H groups in total. The van der Waals surface area contributed by atoms with Crippen molar-refractivity contribution in [1.29, 1.82) is 0 Å². The van der Waals surface area contributed by atoms with Crippen molar-refractivity contribution in [3.8, 4) is 0 Å². The van der Waals surface area contributed by atoms with Crippen LogP contribution in [-0.4, -0.2) is 10.7 Å². The van der Waals surface area contributed by atoms with Gasteiger partial charge in [-0.2, -0.15) is 0 Å². The molecule has 0 spiro atoms. The molecule has 82 valence electrons. The Hall–Kier alpha value is -0.830. The van der Waals surface area contributed by atoms with E-state index in [1.165, 1.54) is 0 Å². The summed E-state index contributed by atoms with van der Waals surface area (Å²) in [5.41, 5.74) is 3.12. The predicted molar refractivity (Wildman–Crippen MR) is 67.6 cm³/mol. The molecule has 0 saturated carbocycles. The summed E-state index contributed by atoms with van der Waals surface area (Å²) in [6.07, 6.45) is 0.788. The maximum atomic E-state index is 11.7. The first-order valence-electron chi connectivity index (χ1n) is 5.07. The Morgan fingerprint density at radius 2 is 1.93 bits per heavy atom. The molecule has 1 amide bonds. The quantitative estimate of drug-likeness (QED) is 0.838. The van der Waals surface area contributed by atoms with Crippen molar-refractivity contribution in [2.24, 2.45) is 0 Å².